The summed E-state index contributed by atoms with van der Waals surface area (Å²) in [6.07, 6.45) is 4.13. The average Bonchev–Trinajstić information content (AvgIpc) is 2.89. The summed E-state index contributed by atoms with van der Waals surface area (Å²) in [5.41, 5.74) is -0.417. The summed E-state index contributed by atoms with van der Waals surface area (Å²) >= 11 is 5.58. The van der Waals surface area contributed by atoms with Crippen molar-refractivity contribution >= 4 is 39.9 Å². The summed E-state index contributed by atoms with van der Waals surface area (Å²) in [5.74, 6) is -0.238. The van der Waals surface area contributed by atoms with Gasteiger partial charge in [-0.1, -0.05) is 0 Å². The predicted molar refractivity (Wildman–Crippen MR) is 110 cm³/mol. The van der Waals surface area contributed by atoms with Crippen LogP contribution in [0.5, 0.6) is 0 Å². The van der Waals surface area contributed by atoms with Crippen LogP contribution in [0.3, 0.4) is 0 Å². The minimum Gasteiger partial charge on any atom is -0.399 e. The van der Waals surface area contributed by atoms with E-state index in [1.54, 1.807) is 4.90 Å². The van der Waals surface area contributed by atoms with Crippen molar-refractivity contribution in [3.8, 4) is 0 Å². The normalized spacial score (nSPS) is 22.1. The molecule has 0 unspecified atom stereocenters. The molecule has 2 aliphatic rings. The van der Waals surface area contributed by atoms with E-state index in [0.29, 0.717) is 31.4 Å². The maximum Gasteiger partial charge on any atom is 0.498 e. The topological polar surface area (TPSA) is 98.7 Å². The van der Waals surface area contributed by atoms with E-state index in [2.05, 4.69) is 9.97 Å². The van der Waals surface area contributed by atoms with E-state index < -0.39 is 28.2 Å². The zero-order chi connectivity index (χ0) is 21.4. The second-order valence-corrected chi connectivity index (χ2v) is 10.8. The summed E-state index contributed by atoms with van der Waals surface area (Å²) in [6.45, 7) is 8.82. The zero-order valence-electron chi connectivity index (χ0n) is 17.2. The van der Waals surface area contributed by atoms with E-state index in [4.69, 9.17) is 20.9 Å². The number of carbonyl (C=O) groups is 1. The first kappa shape index (κ1) is 22.5. The first-order valence-corrected chi connectivity index (χ1v) is 11.9. The van der Waals surface area contributed by atoms with Crippen LogP contribution in [0.25, 0.3) is 0 Å². The maximum atomic E-state index is 12.7. The van der Waals surface area contributed by atoms with Gasteiger partial charge in [-0.15, -0.1) is 11.6 Å². The fourth-order valence-corrected chi connectivity index (χ4v) is 5.10. The molecule has 2 saturated heterocycles. The highest BCUT2D eigenvalue weighted by molar-refractivity contribution is 7.91. The van der Waals surface area contributed by atoms with Crippen molar-refractivity contribution in [2.45, 2.75) is 56.9 Å². The van der Waals surface area contributed by atoms with E-state index >= 15 is 0 Å². The van der Waals surface area contributed by atoms with Gasteiger partial charge in [-0.05, 0) is 46.5 Å². The minimum absolute atomic E-state index is 0.0360. The number of carbonyl (C=O) groups excluding carboxylic acids is 1. The van der Waals surface area contributed by atoms with Crippen LogP contribution in [0.2, 0.25) is 0 Å². The molecule has 8 nitrogen and oxygen atoms in total. The minimum atomic E-state index is -3.62. The van der Waals surface area contributed by atoms with Crippen LogP contribution in [0, 0.1) is 5.92 Å². The Hall–Kier alpha value is -1.23. The number of nitrogens with zero attached hydrogens (tertiary/aromatic N) is 3. The fraction of sp³-hybridized carbons (Fsp3) is 0.722. The van der Waals surface area contributed by atoms with Gasteiger partial charge in [0.05, 0.1) is 17.0 Å². The van der Waals surface area contributed by atoms with Crippen molar-refractivity contribution < 1.29 is 22.5 Å². The number of likely N-dealkylation sites (tertiary alicyclic amines) is 1. The molecule has 0 radical (unpaired) electrons. The van der Waals surface area contributed by atoms with Crippen molar-refractivity contribution in [2.75, 3.05) is 24.7 Å². The molecular formula is C18H27BClN3O5S. The van der Waals surface area contributed by atoms with Gasteiger partial charge in [0, 0.05) is 30.9 Å². The van der Waals surface area contributed by atoms with Crippen LogP contribution in [0.1, 0.15) is 40.5 Å². The van der Waals surface area contributed by atoms with Gasteiger partial charge in [-0.2, -0.15) is 0 Å². The summed E-state index contributed by atoms with van der Waals surface area (Å²) in [5, 5.41) is -0.197. The molecule has 29 heavy (non-hydrogen) atoms. The Morgan fingerprint density at radius 3 is 2.17 bits per heavy atom. The molecule has 2 aliphatic heterocycles. The van der Waals surface area contributed by atoms with Gasteiger partial charge in [-0.3, -0.25) is 4.79 Å². The third-order valence-electron chi connectivity index (χ3n) is 5.99. The van der Waals surface area contributed by atoms with Crippen LogP contribution in [0.4, 0.5) is 0 Å². The standard InChI is InChI=1S/C18H27BClN3O5S/c1-17(2)18(3,4)28-19(27-17)14-10-21-16(22-11-14)29(25,26)12-13-5-7-23(8-6-13)15(24)9-20/h10-11,13H,5-9,12H2,1-4H3. The molecule has 160 valence electrons. The van der Waals surface area contributed by atoms with Gasteiger partial charge in [0.25, 0.3) is 0 Å². The molecule has 0 bridgehead atoms. The van der Waals surface area contributed by atoms with Gasteiger partial charge < -0.3 is 14.2 Å². The van der Waals surface area contributed by atoms with E-state index in [-0.39, 0.29) is 28.6 Å². The first-order chi connectivity index (χ1) is 13.4. The third-order valence-corrected chi connectivity index (χ3v) is 7.89. The van der Waals surface area contributed by atoms with Crippen LogP contribution in [-0.2, 0) is 23.9 Å². The highest BCUT2D eigenvalue weighted by atomic mass is 35.5. The molecule has 3 heterocycles. The van der Waals surface area contributed by atoms with Crippen LogP contribution in [0.15, 0.2) is 17.6 Å². The maximum absolute atomic E-state index is 12.7. The summed E-state index contributed by atoms with van der Waals surface area (Å²) in [4.78, 5) is 21.5. The number of piperidine rings is 1. The second-order valence-electron chi connectivity index (χ2n) is 8.63. The number of amides is 1. The summed E-state index contributed by atoms with van der Waals surface area (Å²) in [7, 11) is -4.26. The van der Waals surface area contributed by atoms with Gasteiger partial charge >= 0.3 is 7.12 Å². The number of hydrogen-bond acceptors (Lipinski definition) is 7. The first-order valence-electron chi connectivity index (χ1n) is 9.69. The number of hydrogen-bond donors (Lipinski definition) is 0. The van der Waals surface area contributed by atoms with Crippen LogP contribution >= 0.6 is 11.6 Å². The number of rotatable bonds is 5. The lowest BCUT2D eigenvalue weighted by atomic mass is 9.81. The molecule has 0 aliphatic carbocycles. The van der Waals surface area contributed by atoms with Gasteiger partial charge in [-0.25, -0.2) is 18.4 Å². The van der Waals surface area contributed by atoms with Gasteiger partial charge in [0.15, 0.2) is 0 Å². The van der Waals surface area contributed by atoms with Crippen molar-refractivity contribution in [3.05, 3.63) is 12.4 Å². The molecular weight excluding hydrogens is 417 g/mol. The molecule has 11 heteroatoms. The van der Waals surface area contributed by atoms with Crippen molar-refractivity contribution in [1.29, 1.82) is 0 Å². The highest BCUT2D eigenvalue weighted by Gasteiger charge is 2.52. The molecule has 0 saturated carbocycles. The van der Waals surface area contributed by atoms with E-state index in [1.807, 2.05) is 27.7 Å². The number of aromatic nitrogens is 2. The zero-order valence-corrected chi connectivity index (χ0v) is 18.8. The van der Waals surface area contributed by atoms with E-state index in [0.717, 1.165) is 0 Å². The number of alkyl halides is 1. The molecule has 1 aromatic rings. The summed E-state index contributed by atoms with van der Waals surface area (Å²) in [6, 6.07) is 0. The molecule has 3 rings (SSSR count). The van der Waals surface area contributed by atoms with Gasteiger partial charge in [0.1, 0.15) is 5.88 Å². The Bertz CT molecular complexity index is 839. The lowest BCUT2D eigenvalue weighted by Crippen LogP contribution is -2.41. The van der Waals surface area contributed by atoms with Crippen LogP contribution in [-0.4, -0.2) is 72.2 Å². The second kappa shape index (κ2) is 8.13. The molecule has 0 atom stereocenters. The van der Waals surface area contributed by atoms with E-state index in [9.17, 15) is 13.2 Å². The SMILES string of the molecule is CC1(C)OB(c2cnc(S(=O)(=O)CC3CCN(C(=O)CCl)CC3)nc2)OC1(C)C. The largest absolute Gasteiger partial charge is 0.498 e. The lowest BCUT2D eigenvalue weighted by Gasteiger charge is -2.32. The molecule has 2 fully saturated rings. The van der Waals surface area contributed by atoms with Crippen LogP contribution < -0.4 is 5.46 Å². The smallest absolute Gasteiger partial charge is 0.399 e. The Kier molecular flexibility index (Phi) is 6.30. The number of halogens is 1. The Balaban J connectivity index is 1.63. The Morgan fingerprint density at radius 2 is 1.69 bits per heavy atom. The third kappa shape index (κ3) is 4.76. The molecule has 1 aromatic heterocycles. The molecule has 1 amide bonds. The van der Waals surface area contributed by atoms with Crippen molar-refractivity contribution in [3.63, 3.8) is 0 Å². The number of sulfone groups is 1. The quantitative estimate of drug-likeness (QED) is 0.381. The van der Waals surface area contributed by atoms with Crippen molar-refractivity contribution in [2.24, 2.45) is 5.92 Å². The molecule has 0 N–H and O–H groups in total. The van der Waals surface area contributed by atoms with E-state index in [1.165, 1.54) is 12.4 Å². The predicted octanol–water partition coefficient (Wildman–Crippen LogP) is 1.03. The molecule has 0 aromatic carbocycles. The highest BCUT2D eigenvalue weighted by Crippen LogP contribution is 2.36. The average molecular weight is 444 g/mol. The monoisotopic (exact) mass is 443 g/mol. The lowest BCUT2D eigenvalue weighted by molar-refractivity contribution is -0.129. The Labute approximate surface area is 177 Å². The van der Waals surface area contributed by atoms with Gasteiger partial charge in [0.2, 0.25) is 20.9 Å². The summed E-state index contributed by atoms with van der Waals surface area (Å²) < 4.78 is 37.3. The molecule has 0 spiro atoms. The fourth-order valence-electron chi connectivity index (χ4n) is 3.41. The van der Waals surface area contributed by atoms with Crippen molar-refractivity contribution in [1.82, 2.24) is 14.9 Å². The Morgan fingerprint density at radius 1 is 1.17 bits per heavy atom.